The second kappa shape index (κ2) is 5.72. The Hall–Kier alpha value is -0.0800. The van der Waals surface area contributed by atoms with Gasteiger partial charge < -0.3 is 10.4 Å². The molecule has 0 aromatic carbocycles. The predicted molar refractivity (Wildman–Crippen MR) is 60.3 cm³/mol. The van der Waals surface area contributed by atoms with E-state index in [-0.39, 0.29) is 5.41 Å². The largest absolute Gasteiger partial charge is 0.396 e. The molecule has 0 saturated heterocycles. The SMILES string of the molecule is CC(C)CNCC1(CO)CCCCC1. The van der Waals surface area contributed by atoms with Gasteiger partial charge in [-0.15, -0.1) is 0 Å². The smallest absolute Gasteiger partial charge is 0.0499 e. The van der Waals surface area contributed by atoms with Crippen LogP contribution in [0, 0.1) is 11.3 Å². The maximum atomic E-state index is 9.47. The predicted octanol–water partition coefficient (Wildman–Crippen LogP) is 2.17. The van der Waals surface area contributed by atoms with Crippen molar-refractivity contribution in [3.63, 3.8) is 0 Å². The van der Waals surface area contributed by atoms with Crippen molar-refractivity contribution < 1.29 is 5.11 Å². The fourth-order valence-electron chi connectivity index (χ4n) is 2.32. The van der Waals surface area contributed by atoms with E-state index in [2.05, 4.69) is 19.2 Å². The summed E-state index contributed by atoms with van der Waals surface area (Å²) in [7, 11) is 0. The van der Waals surface area contributed by atoms with Crippen molar-refractivity contribution in [1.29, 1.82) is 0 Å². The van der Waals surface area contributed by atoms with Gasteiger partial charge in [0.15, 0.2) is 0 Å². The Kier molecular flexibility index (Phi) is 4.90. The van der Waals surface area contributed by atoms with Crippen LogP contribution in [0.25, 0.3) is 0 Å². The van der Waals surface area contributed by atoms with E-state index in [4.69, 9.17) is 0 Å². The van der Waals surface area contributed by atoms with Crippen LogP contribution in [0.2, 0.25) is 0 Å². The van der Waals surface area contributed by atoms with E-state index in [0.29, 0.717) is 12.5 Å². The van der Waals surface area contributed by atoms with Gasteiger partial charge in [0, 0.05) is 18.6 Å². The molecule has 0 radical (unpaired) electrons. The van der Waals surface area contributed by atoms with Gasteiger partial charge in [-0.1, -0.05) is 33.1 Å². The van der Waals surface area contributed by atoms with E-state index < -0.39 is 0 Å². The van der Waals surface area contributed by atoms with E-state index in [1.165, 1.54) is 32.1 Å². The normalized spacial score (nSPS) is 21.4. The molecule has 0 atom stereocenters. The summed E-state index contributed by atoms with van der Waals surface area (Å²) in [6, 6.07) is 0. The van der Waals surface area contributed by atoms with Crippen molar-refractivity contribution >= 4 is 0 Å². The number of rotatable bonds is 5. The van der Waals surface area contributed by atoms with Crippen LogP contribution in [0.15, 0.2) is 0 Å². The van der Waals surface area contributed by atoms with Crippen LogP contribution >= 0.6 is 0 Å². The Balaban J connectivity index is 2.29. The van der Waals surface area contributed by atoms with Crippen LogP contribution < -0.4 is 5.32 Å². The molecule has 0 aromatic heterocycles. The van der Waals surface area contributed by atoms with E-state index in [1.54, 1.807) is 0 Å². The lowest BCUT2D eigenvalue weighted by Crippen LogP contribution is -2.40. The molecule has 2 nitrogen and oxygen atoms in total. The Morgan fingerprint density at radius 3 is 2.36 bits per heavy atom. The highest BCUT2D eigenvalue weighted by molar-refractivity contribution is 4.84. The van der Waals surface area contributed by atoms with Crippen molar-refractivity contribution in [3.8, 4) is 0 Å². The van der Waals surface area contributed by atoms with Crippen molar-refractivity contribution in [3.05, 3.63) is 0 Å². The minimum absolute atomic E-state index is 0.202. The maximum absolute atomic E-state index is 9.47. The number of hydrogen-bond acceptors (Lipinski definition) is 2. The molecule has 84 valence electrons. The molecule has 0 heterocycles. The standard InChI is InChI=1S/C12H25NO/c1-11(2)8-13-9-12(10-14)6-4-3-5-7-12/h11,13-14H,3-10H2,1-2H3. The lowest BCUT2D eigenvalue weighted by atomic mass is 9.74. The van der Waals surface area contributed by atoms with Gasteiger partial charge in [0.25, 0.3) is 0 Å². The van der Waals surface area contributed by atoms with Crippen LogP contribution in [-0.4, -0.2) is 24.8 Å². The number of aliphatic hydroxyl groups excluding tert-OH is 1. The maximum Gasteiger partial charge on any atom is 0.0499 e. The van der Waals surface area contributed by atoms with E-state index in [0.717, 1.165) is 13.1 Å². The first-order chi connectivity index (χ1) is 6.68. The number of nitrogens with one attached hydrogen (secondary N) is 1. The van der Waals surface area contributed by atoms with Gasteiger partial charge in [0.1, 0.15) is 0 Å². The third-order valence-electron chi connectivity index (χ3n) is 3.30. The summed E-state index contributed by atoms with van der Waals surface area (Å²) in [5.74, 6) is 0.703. The van der Waals surface area contributed by atoms with Gasteiger partial charge in [0.05, 0.1) is 0 Å². The van der Waals surface area contributed by atoms with Crippen LogP contribution in [0.5, 0.6) is 0 Å². The second-order valence-corrected chi connectivity index (χ2v) is 5.24. The highest BCUT2D eigenvalue weighted by Gasteiger charge is 2.30. The van der Waals surface area contributed by atoms with Gasteiger partial charge >= 0.3 is 0 Å². The lowest BCUT2D eigenvalue weighted by molar-refractivity contribution is 0.0807. The van der Waals surface area contributed by atoms with Crippen LogP contribution in [-0.2, 0) is 0 Å². The van der Waals surface area contributed by atoms with E-state index in [9.17, 15) is 5.11 Å². The summed E-state index contributed by atoms with van der Waals surface area (Å²) >= 11 is 0. The zero-order valence-electron chi connectivity index (χ0n) is 9.68. The van der Waals surface area contributed by atoms with E-state index in [1.807, 2.05) is 0 Å². The zero-order valence-corrected chi connectivity index (χ0v) is 9.68. The fraction of sp³-hybridized carbons (Fsp3) is 1.00. The first-order valence-corrected chi connectivity index (χ1v) is 6.00. The Morgan fingerprint density at radius 1 is 1.21 bits per heavy atom. The molecule has 0 bridgehead atoms. The molecular formula is C12H25NO. The van der Waals surface area contributed by atoms with Crippen molar-refractivity contribution in [2.45, 2.75) is 46.0 Å². The summed E-state index contributed by atoms with van der Waals surface area (Å²) in [5.41, 5.74) is 0.202. The van der Waals surface area contributed by atoms with Crippen molar-refractivity contribution in [2.75, 3.05) is 19.7 Å². The molecular weight excluding hydrogens is 174 g/mol. The highest BCUT2D eigenvalue weighted by atomic mass is 16.3. The molecule has 14 heavy (non-hydrogen) atoms. The van der Waals surface area contributed by atoms with E-state index >= 15 is 0 Å². The van der Waals surface area contributed by atoms with Gasteiger partial charge in [-0.05, 0) is 25.3 Å². The Labute approximate surface area is 88.1 Å². The Bertz CT molecular complexity index is 150. The van der Waals surface area contributed by atoms with Gasteiger partial charge in [-0.2, -0.15) is 0 Å². The molecule has 1 aliphatic carbocycles. The molecule has 1 rings (SSSR count). The highest BCUT2D eigenvalue weighted by Crippen LogP contribution is 2.35. The van der Waals surface area contributed by atoms with Crippen LogP contribution in [0.4, 0.5) is 0 Å². The first kappa shape index (κ1) is 12.0. The quantitative estimate of drug-likeness (QED) is 0.711. The molecule has 0 spiro atoms. The summed E-state index contributed by atoms with van der Waals surface area (Å²) in [6.45, 7) is 6.88. The zero-order chi connectivity index (χ0) is 10.4. The molecule has 0 amide bonds. The average Bonchev–Trinajstić information content (AvgIpc) is 2.19. The monoisotopic (exact) mass is 199 g/mol. The average molecular weight is 199 g/mol. The third-order valence-corrected chi connectivity index (χ3v) is 3.30. The molecule has 2 N–H and O–H groups in total. The molecule has 0 aliphatic heterocycles. The number of aliphatic hydroxyl groups is 1. The summed E-state index contributed by atoms with van der Waals surface area (Å²) in [4.78, 5) is 0. The molecule has 2 heteroatoms. The number of hydrogen-bond donors (Lipinski definition) is 2. The van der Waals surface area contributed by atoms with Gasteiger partial charge in [-0.25, -0.2) is 0 Å². The fourth-order valence-corrected chi connectivity index (χ4v) is 2.32. The Morgan fingerprint density at radius 2 is 1.86 bits per heavy atom. The topological polar surface area (TPSA) is 32.3 Å². The summed E-state index contributed by atoms with van der Waals surface area (Å²) in [5, 5.41) is 13.0. The van der Waals surface area contributed by atoms with Crippen LogP contribution in [0.1, 0.15) is 46.0 Å². The lowest BCUT2D eigenvalue weighted by Gasteiger charge is -2.36. The van der Waals surface area contributed by atoms with Gasteiger partial charge in [0.2, 0.25) is 0 Å². The molecule has 0 aromatic rings. The second-order valence-electron chi connectivity index (χ2n) is 5.24. The summed E-state index contributed by atoms with van der Waals surface area (Å²) in [6.07, 6.45) is 6.35. The first-order valence-electron chi connectivity index (χ1n) is 6.00. The third kappa shape index (κ3) is 3.58. The van der Waals surface area contributed by atoms with Gasteiger partial charge in [-0.3, -0.25) is 0 Å². The van der Waals surface area contributed by atoms with Crippen molar-refractivity contribution in [1.82, 2.24) is 5.32 Å². The summed E-state index contributed by atoms with van der Waals surface area (Å²) < 4.78 is 0. The molecule has 1 saturated carbocycles. The van der Waals surface area contributed by atoms with Crippen molar-refractivity contribution in [2.24, 2.45) is 11.3 Å². The molecule has 0 unspecified atom stereocenters. The van der Waals surface area contributed by atoms with Crippen LogP contribution in [0.3, 0.4) is 0 Å². The minimum Gasteiger partial charge on any atom is -0.396 e. The molecule has 1 aliphatic rings. The minimum atomic E-state index is 0.202. The molecule has 1 fully saturated rings.